The molecule has 1 aliphatic heterocycles. The van der Waals surface area contributed by atoms with E-state index in [9.17, 15) is 4.79 Å². The zero-order valence-corrected chi connectivity index (χ0v) is 12.2. The van der Waals surface area contributed by atoms with Gasteiger partial charge in [0.05, 0.1) is 6.10 Å². The van der Waals surface area contributed by atoms with E-state index in [1.165, 1.54) is 0 Å². The van der Waals surface area contributed by atoms with Gasteiger partial charge in [-0.1, -0.05) is 13.8 Å². The molecule has 3 unspecified atom stereocenters. The standard InChI is InChI=1S/C14H28N2O2/c1-5-12-10-16(13(6-2)9-15-12)14(17)8-7-11(3)18-4/h11-13,15H,5-10H2,1-4H3. The van der Waals surface area contributed by atoms with Crippen molar-refractivity contribution in [2.24, 2.45) is 0 Å². The third kappa shape index (κ3) is 4.25. The number of carbonyl (C=O) groups excluding carboxylic acids is 1. The molecule has 1 saturated heterocycles. The van der Waals surface area contributed by atoms with Gasteiger partial charge in [-0.2, -0.15) is 0 Å². The smallest absolute Gasteiger partial charge is 0.223 e. The molecule has 0 aliphatic carbocycles. The first-order valence-corrected chi connectivity index (χ1v) is 7.17. The predicted octanol–water partition coefficient (Wildman–Crippen LogP) is 1.79. The Kier molecular flexibility index (Phi) is 6.65. The Balaban J connectivity index is 2.50. The quantitative estimate of drug-likeness (QED) is 0.788. The normalized spacial score (nSPS) is 26.1. The van der Waals surface area contributed by atoms with Crippen molar-refractivity contribution in [2.45, 2.75) is 64.6 Å². The molecular formula is C14H28N2O2. The minimum Gasteiger partial charge on any atom is -0.382 e. The summed E-state index contributed by atoms with van der Waals surface area (Å²) in [5.74, 6) is 0.283. The summed E-state index contributed by atoms with van der Waals surface area (Å²) in [6.07, 6.45) is 3.68. The van der Waals surface area contributed by atoms with E-state index < -0.39 is 0 Å². The zero-order chi connectivity index (χ0) is 13.5. The molecular weight excluding hydrogens is 228 g/mol. The van der Waals surface area contributed by atoms with Gasteiger partial charge in [-0.15, -0.1) is 0 Å². The van der Waals surface area contributed by atoms with E-state index in [-0.39, 0.29) is 12.0 Å². The summed E-state index contributed by atoms with van der Waals surface area (Å²) < 4.78 is 5.20. The van der Waals surface area contributed by atoms with Gasteiger partial charge in [0.2, 0.25) is 5.91 Å². The molecule has 1 fully saturated rings. The molecule has 0 aromatic heterocycles. The van der Waals surface area contributed by atoms with Crippen LogP contribution in [-0.4, -0.2) is 49.2 Å². The van der Waals surface area contributed by atoms with Gasteiger partial charge in [0.1, 0.15) is 0 Å². The average Bonchev–Trinajstić information content (AvgIpc) is 2.43. The highest BCUT2D eigenvalue weighted by atomic mass is 16.5. The Bertz CT molecular complexity index is 258. The molecule has 1 N–H and O–H groups in total. The van der Waals surface area contributed by atoms with Crippen LogP contribution in [-0.2, 0) is 9.53 Å². The van der Waals surface area contributed by atoms with Crippen molar-refractivity contribution in [3.05, 3.63) is 0 Å². The Morgan fingerprint density at radius 3 is 2.72 bits per heavy atom. The number of rotatable bonds is 6. The number of ether oxygens (including phenoxy) is 1. The summed E-state index contributed by atoms with van der Waals surface area (Å²) in [6.45, 7) is 8.11. The van der Waals surface area contributed by atoms with E-state index in [2.05, 4.69) is 24.1 Å². The fourth-order valence-electron chi connectivity index (χ4n) is 2.40. The second-order valence-electron chi connectivity index (χ2n) is 5.21. The number of piperazine rings is 1. The fourth-order valence-corrected chi connectivity index (χ4v) is 2.40. The van der Waals surface area contributed by atoms with E-state index in [0.717, 1.165) is 32.4 Å². The monoisotopic (exact) mass is 256 g/mol. The first-order chi connectivity index (χ1) is 8.62. The lowest BCUT2D eigenvalue weighted by atomic mass is 10.0. The molecule has 3 atom stereocenters. The third-order valence-corrected chi connectivity index (χ3v) is 3.95. The summed E-state index contributed by atoms with van der Waals surface area (Å²) in [4.78, 5) is 14.4. The molecule has 0 bridgehead atoms. The zero-order valence-electron chi connectivity index (χ0n) is 12.2. The van der Waals surface area contributed by atoms with Gasteiger partial charge in [-0.25, -0.2) is 0 Å². The number of carbonyl (C=O) groups is 1. The molecule has 1 heterocycles. The molecule has 4 heteroatoms. The average molecular weight is 256 g/mol. The highest BCUT2D eigenvalue weighted by molar-refractivity contribution is 5.76. The van der Waals surface area contributed by atoms with Crippen molar-refractivity contribution in [1.29, 1.82) is 0 Å². The molecule has 0 aromatic rings. The maximum absolute atomic E-state index is 12.3. The molecule has 1 amide bonds. The molecule has 1 rings (SSSR count). The molecule has 0 saturated carbocycles. The van der Waals surface area contributed by atoms with Gasteiger partial charge in [0, 0.05) is 38.7 Å². The van der Waals surface area contributed by atoms with Crippen LogP contribution in [0.15, 0.2) is 0 Å². The van der Waals surface area contributed by atoms with Crippen molar-refractivity contribution in [1.82, 2.24) is 10.2 Å². The molecule has 4 nitrogen and oxygen atoms in total. The molecule has 0 radical (unpaired) electrons. The first kappa shape index (κ1) is 15.4. The van der Waals surface area contributed by atoms with Gasteiger partial charge in [0.15, 0.2) is 0 Å². The lowest BCUT2D eigenvalue weighted by molar-refractivity contribution is -0.136. The van der Waals surface area contributed by atoms with Crippen LogP contribution in [0.1, 0.15) is 46.5 Å². The Labute approximate surface area is 111 Å². The van der Waals surface area contributed by atoms with Crippen LogP contribution in [0.4, 0.5) is 0 Å². The Hall–Kier alpha value is -0.610. The summed E-state index contributed by atoms with van der Waals surface area (Å²) in [5, 5.41) is 3.51. The second-order valence-corrected chi connectivity index (χ2v) is 5.21. The van der Waals surface area contributed by atoms with Crippen molar-refractivity contribution in [3.8, 4) is 0 Å². The topological polar surface area (TPSA) is 41.6 Å². The van der Waals surface area contributed by atoms with E-state index in [0.29, 0.717) is 18.5 Å². The molecule has 106 valence electrons. The lowest BCUT2D eigenvalue weighted by Crippen LogP contribution is -2.57. The SMILES string of the molecule is CCC1CN(C(=O)CCC(C)OC)C(CC)CN1. The largest absolute Gasteiger partial charge is 0.382 e. The number of nitrogens with zero attached hydrogens (tertiary/aromatic N) is 1. The number of hydrogen-bond donors (Lipinski definition) is 1. The predicted molar refractivity (Wildman–Crippen MR) is 73.6 cm³/mol. The second kappa shape index (κ2) is 7.74. The van der Waals surface area contributed by atoms with Crippen LogP contribution in [0, 0.1) is 0 Å². The number of nitrogens with one attached hydrogen (secondary N) is 1. The molecule has 1 aliphatic rings. The molecule has 18 heavy (non-hydrogen) atoms. The number of methoxy groups -OCH3 is 1. The van der Waals surface area contributed by atoms with Crippen LogP contribution in [0.3, 0.4) is 0 Å². The van der Waals surface area contributed by atoms with Crippen molar-refractivity contribution < 1.29 is 9.53 Å². The van der Waals surface area contributed by atoms with Gasteiger partial charge in [-0.05, 0) is 26.2 Å². The third-order valence-electron chi connectivity index (χ3n) is 3.95. The maximum atomic E-state index is 12.3. The highest BCUT2D eigenvalue weighted by Gasteiger charge is 2.29. The van der Waals surface area contributed by atoms with Crippen LogP contribution < -0.4 is 5.32 Å². The number of hydrogen-bond acceptors (Lipinski definition) is 3. The summed E-state index contributed by atoms with van der Waals surface area (Å²) in [5.41, 5.74) is 0. The van der Waals surface area contributed by atoms with E-state index in [4.69, 9.17) is 4.74 Å². The molecule has 0 aromatic carbocycles. The van der Waals surface area contributed by atoms with Crippen LogP contribution in [0.5, 0.6) is 0 Å². The van der Waals surface area contributed by atoms with Gasteiger partial charge >= 0.3 is 0 Å². The summed E-state index contributed by atoms with van der Waals surface area (Å²) in [7, 11) is 1.70. The van der Waals surface area contributed by atoms with Crippen LogP contribution >= 0.6 is 0 Å². The van der Waals surface area contributed by atoms with Crippen LogP contribution in [0.25, 0.3) is 0 Å². The molecule has 0 spiro atoms. The van der Waals surface area contributed by atoms with E-state index in [1.54, 1.807) is 7.11 Å². The van der Waals surface area contributed by atoms with Crippen molar-refractivity contribution in [2.75, 3.05) is 20.2 Å². The number of amides is 1. The minimum absolute atomic E-state index is 0.166. The minimum atomic E-state index is 0.166. The lowest BCUT2D eigenvalue weighted by Gasteiger charge is -2.40. The van der Waals surface area contributed by atoms with Gasteiger partial charge in [-0.3, -0.25) is 4.79 Å². The van der Waals surface area contributed by atoms with E-state index in [1.807, 2.05) is 6.92 Å². The van der Waals surface area contributed by atoms with Crippen LogP contribution in [0.2, 0.25) is 0 Å². The first-order valence-electron chi connectivity index (χ1n) is 7.17. The summed E-state index contributed by atoms with van der Waals surface area (Å²) >= 11 is 0. The van der Waals surface area contributed by atoms with Gasteiger partial charge < -0.3 is 15.0 Å². The van der Waals surface area contributed by atoms with Gasteiger partial charge in [0.25, 0.3) is 0 Å². The summed E-state index contributed by atoms with van der Waals surface area (Å²) in [6, 6.07) is 0.815. The maximum Gasteiger partial charge on any atom is 0.223 e. The fraction of sp³-hybridized carbons (Fsp3) is 0.929. The Morgan fingerprint density at radius 1 is 1.44 bits per heavy atom. The highest BCUT2D eigenvalue weighted by Crippen LogP contribution is 2.15. The van der Waals surface area contributed by atoms with Crippen molar-refractivity contribution in [3.63, 3.8) is 0 Å². The van der Waals surface area contributed by atoms with E-state index >= 15 is 0 Å². The Morgan fingerprint density at radius 2 is 2.17 bits per heavy atom. The van der Waals surface area contributed by atoms with Crippen molar-refractivity contribution >= 4 is 5.91 Å².